The number of nitrogens with one attached hydrogen (secondary N) is 1. The van der Waals surface area contributed by atoms with Crippen LogP contribution >= 0.6 is 11.8 Å². The van der Waals surface area contributed by atoms with Crippen molar-refractivity contribution in [1.29, 1.82) is 0 Å². The van der Waals surface area contributed by atoms with Crippen molar-refractivity contribution in [3.63, 3.8) is 0 Å². The molecular formula is C13H25N3S. The molecule has 4 heteroatoms. The summed E-state index contributed by atoms with van der Waals surface area (Å²) in [5, 5.41) is 3.65. The number of fused-ring (bicyclic) bond motifs is 1. The molecule has 1 N–H and O–H groups in total. The van der Waals surface area contributed by atoms with Crippen LogP contribution in [-0.4, -0.2) is 72.7 Å². The molecule has 0 radical (unpaired) electrons. The lowest BCUT2D eigenvalue weighted by atomic mass is 10.1. The Hall–Kier alpha value is 0.230. The van der Waals surface area contributed by atoms with Crippen LogP contribution in [0.1, 0.15) is 19.3 Å². The van der Waals surface area contributed by atoms with E-state index in [1.165, 1.54) is 70.0 Å². The average molecular weight is 255 g/mol. The zero-order valence-corrected chi connectivity index (χ0v) is 11.6. The van der Waals surface area contributed by atoms with Crippen LogP contribution in [0.25, 0.3) is 0 Å². The Morgan fingerprint density at radius 2 is 2.24 bits per heavy atom. The van der Waals surface area contributed by atoms with Crippen molar-refractivity contribution in [2.45, 2.75) is 31.3 Å². The minimum Gasteiger partial charge on any atom is -0.312 e. The van der Waals surface area contributed by atoms with Crippen molar-refractivity contribution in [2.75, 3.05) is 50.8 Å². The third-order valence-corrected chi connectivity index (χ3v) is 5.59. The number of nitrogens with zero attached hydrogens (tertiary/aromatic N) is 2. The molecule has 98 valence electrons. The second kappa shape index (κ2) is 5.91. The summed E-state index contributed by atoms with van der Waals surface area (Å²) in [6, 6.07) is 1.66. The summed E-state index contributed by atoms with van der Waals surface area (Å²) in [5.41, 5.74) is 0. The van der Waals surface area contributed by atoms with E-state index >= 15 is 0 Å². The largest absolute Gasteiger partial charge is 0.312 e. The molecule has 3 saturated heterocycles. The molecule has 0 aromatic carbocycles. The second-order valence-corrected chi connectivity index (χ2v) is 6.80. The fourth-order valence-electron chi connectivity index (χ4n) is 3.40. The third-order valence-electron chi connectivity index (χ3n) is 4.46. The Morgan fingerprint density at radius 1 is 1.24 bits per heavy atom. The molecule has 2 unspecified atom stereocenters. The normalized spacial score (nSPS) is 36.0. The Kier molecular flexibility index (Phi) is 4.27. The highest BCUT2D eigenvalue weighted by molar-refractivity contribution is 7.99. The Morgan fingerprint density at radius 3 is 3.12 bits per heavy atom. The van der Waals surface area contributed by atoms with Crippen LogP contribution in [0.15, 0.2) is 0 Å². The van der Waals surface area contributed by atoms with Crippen molar-refractivity contribution < 1.29 is 0 Å². The van der Waals surface area contributed by atoms with E-state index < -0.39 is 0 Å². The minimum absolute atomic E-state index is 0.773. The summed E-state index contributed by atoms with van der Waals surface area (Å²) in [6.07, 6.45) is 4.22. The molecule has 0 aromatic rings. The molecule has 0 amide bonds. The molecule has 0 saturated carbocycles. The first-order valence-corrected chi connectivity index (χ1v) is 8.35. The van der Waals surface area contributed by atoms with Gasteiger partial charge in [-0.1, -0.05) is 0 Å². The average Bonchev–Trinajstić information content (AvgIpc) is 2.85. The molecule has 17 heavy (non-hydrogen) atoms. The molecule has 3 rings (SSSR count). The van der Waals surface area contributed by atoms with Gasteiger partial charge in [-0.2, -0.15) is 11.8 Å². The molecule has 3 nitrogen and oxygen atoms in total. The Labute approximate surface area is 109 Å². The van der Waals surface area contributed by atoms with Gasteiger partial charge in [0.2, 0.25) is 0 Å². The van der Waals surface area contributed by atoms with Crippen LogP contribution < -0.4 is 5.32 Å². The van der Waals surface area contributed by atoms with E-state index in [0.717, 1.165) is 12.1 Å². The summed E-state index contributed by atoms with van der Waals surface area (Å²) in [5.74, 6) is 2.63. The first-order valence-electron chi connectivity index (χ1n) is 7.19. The van der Waals surface area contributed by atoms with Crippen molar-refractivity contribution in [3.05, 3.63) is 0 Å². The number of thioether (sulfide) groups is 1. The van der Waals surface area contributed by atoms with Gasteiger partial charge in [0, 0.05) is 49.8 Å². The van der Waals surface area contributed by atoms with E-state index in [9.17, 15) is 0 Å². The van der Waals surface area contributed by atoms with Gasteiger partial charge >= 0.3 is 0 Å². The van der Waals surface area contributed by atoms with Gasteiger partial charge in [0.05, 0.1) is 0 Å². The summed E-state index contributed by atoms with van der Waals surface area (Å²) in [7, 11) is 0. The highest BCUT2D eigenvalue weighted by atomic mass is 32.2. The molecule has 3 fully saturated rings. The standard InChI is InChI=1S/C13H25N3S/c1-2-13-10-15(7-8-16(13)5-1)6-3-12-11-17-9-4-14-12/h12-14H,1-11H2. The molecule has 0 spiro atoms. The van der Waals surface area contributed by atoms with E-state index in [1.807, 2.05) is 0 Å². The van der Waals surface area contributed by atoms with Crippen LogP contribution in [-0.2, 0) is 0 Å². The van der Waals surface area contributed by atoms with Gasteiger partial charge in [0.1, 0.15) is 0 Å². The first-order chi connectivity index (χ1) is 8.42. The maximum absolute atomic E-state index is 3.65. The van der Waals surface area contributed by atoms with Crippen LogP contribution in [0.2, 0.25) is 0 Å². The van der Waals surface area contributed by atoms with Crippen LogP contribution in [0.3, 0.4) is 0 Å². The predicted molar refractivity (Wildman–Crippen MR) is 74.8 cm³/mol. The molecule has 3 aliphatic rings. The van der Waals surface area contributed by atoms with E-state index in [4.69, 9.17) is 0 Å². The first kappa shape index (κ1) is 12.3. The number of rotatable bonds is 3. The highest BCUT2D eigenvalue weighted by Crippen LogP contribution is 2.21. The number of piperazine rings is 1. The van der Waals surface area contributed by atoms with Gasteiger partial charge in [-0.25, -0.2) is 0 Å². The molecule has 0 aromatic heterocycles. The Bertz CT molecular complexity index is 243. The van der Waals surface area contributed by atoms with E-state index in [-0.39, 0.29) is 0 Å². The summed E-state index contributed by atoms with van der Waals surface area (Å²) in [6.45, 7) is 7.83. The quantitative estimate of drug-likeness (QED) is 0.806. The van der Waals surface area contributed by atoms with E-state index in [0.29, 0.717) is 0 Å². The molecule has 0 aliphatic carbocycles. The number of hydrogen-bond donors (Lipinski definition) is 1. The maximum atomic E-state index is 3.65. The van der Waals surface area contributed by atoms with Crippen LogP contribution in [0, 0.1) is 0 Å². The molecule has 0 bridgehead atoms. The van der Waals surface area contributed by atoms with Gasteiger partial charge in [0.15, 0.2) is 0 Å². The SMILES string of the molecule is C1CC2CN(CCC3CSCCN3)CCN2C1. The fraction of sp³-hybridized carbons (Fsp3) is 1.00. The van der Waals surface area contributed by atoms with Gasteiger partial charge in [-0.15, -0.1) is 0 Å². The summed E-state index contributed by atoms with van der Waals surface area (Å²) < 4.78 is 0. The van der Waals surface area contributed by atoms with Crippen molar-refractivity contribution in [1.82, 2.24) is 15.1 Å². The molecular weight excluding hydrogens is 230 g/mol. The van der Waals surface area contributed by atoms with Gasteiger partial charge in [-0.05, 0) is 32.4 Å². The van der Waals surface area contributed by atoms with E-state index in [1.54, 1.807) is 0 Å². The predicted octanol–water partition coefficient (Wildman–Crippen LogP) is 0.861. The molecule has 3 heterocycles. The monoisotopic (exact) mass is 255 g/mol. The van der Waals surface area contributed by atoms with Gasteiger partial charge < -0.3 is 10.2 Å². The second-order valence-electron chi connectivity index (χ2n) is 5.65. The molecule has 3 aliphatic heterocycles. The summed E-state index contributed by atoms with van der Waals surface area (Å²) >= 11 is 2.12. The lowest BCUT2D eigenvalue weighted by molar-refractivity contribution is 0.102. The van der Waals surface area contributed by atoms with Crippen LogP contribution in [0.4, 0.5) is 0 Å². The lowest BCUT2D eigenvalue weighted by Gasteiger charge is -2.38. The lowest BCUT2D eigenvalue weighted by Crippen LogP contribution is -2.51. The zero-order valence-electron chi connectivity index (χ0n) is 10.7. The smallest absolute Gasteiger partial charge is 0.0224 e. The zero-order chi connectivity index (χ0) is 11.5. The Balaban J connectivity index is 1.40. The van der Waals surface area contributed by atoms with Crippen molar-refractivity contribution >= 4 is 11.8 Å². The maximum Gasteiger partial charge on any atom is 0.0224 e. The van der Waals surface area contributed by atoms with Gasteiger partial charge in [0.25, 0.3) is 0 Å². The topological polar surface area (TPSA) is 18.5 Å². The molecule has 2 atom stereocenters. The van der Waals surface area contributed by atoms with Crippen LogP contribution in [0.5, 0.6) is 0 Å². The highest BCUT2D eigenvalue weighted by Gasteiger charge is 2.30. The third kappa shape index (κ3) is 3.16. The van der Waals surface area contributed by atoms with Crippen molar-refractivity contribution in [3.8, 4) is 0 Å². The minimum atomic E-state index is 0.773. The summed E-state index contributed by atoms with van der Waals surface area (Å²) in [4.78, 5) is 5.40. The van der Waals surface area contributed by atoms with Crippen molar-refractivity contribution in [2.24, 2.45) is 0 Å². The fourth-order valence-corrected chi connectivity index (χ4v) is 4.40. The number of hydrogen-bond acceptors (Lipinski definition) is 4. The van der Waals surface area contributed by atoms with E-state index in [2.05, 4.69) is 26.9 Å². The van der Waals surface area contributed by atoms with Gasteiger partial charge in [-0.3, -0.25) is 4.90 Å².